The monoisotopic (exact) mass is 404 g/mol. The third-order valence-electron chi connectivity index (χ3n) is 3.39. The van der Waals surface area contributed by atoms with Crippen molar-refractivity contribution in [2.75, 3.05) is 0 Å². The molecule has 6 nitrogen and oxygen atoms in total. The van der Waals surface area contributed by atoms with E-state index >= 15 is 0 Å². The molecule has 0 aliphatic heterocycles. The quantitative estimate of drug-likeness (QED) is 0.350. The fraction of sp³-hybridized carbons (Fsp3) is 0.0556. The summed E-state index contributed by atoms with van der Waals surface area (Å²) in [5.74, 6) is -1.63. The van der Waals surface area contributed by atoms with Crippen LogP contribution in [-0.2, 0) is 10.1 Å². The van der Waals surface area contributed by atoms with E-state index in [1.54, 1.807) is 30.3 Å². The summed E-state index contributed by atoms with van der Waals surface area (Å²) in [6.07, 6.45) is 0. The van der Waals surface area contributed by atoms with E-state index in [0.717, 1.165) is 16.3 Å². The van der Waals surface area contributed by atoms with Crippen molar-refractivity contribution in [3.05, 3.63) is 71.8 Å². The van der Waals surface area contributed by atoms with Crippen molar-refractivity contribution >= 4 is 26.9 Å². The van der Waals surface area contributed by atoms with Gasteiger partial charge in [0.1, 0.15) is 10.1 Å². The van der Waals surface area contributed by atoms with Gasteiger partial charge < -0.3 is 14.8 Å². The number of fused-ring (bicyclic) bond motifs is 1. The van der Waals surface area contributed by atoms with Gasteiger partial charge in [-0.25, -0.2) is 13.2 Å². The molecule has 0 heterocycles. The number of aryl methyl sites for hydroxylation is 1. The molecule has 27 heavy (non-hydrogen) atoms. The van der Waals surface area contributed by atoms with Crippen molar-refractivity contribution < 1.29 is 87.1 Å². The predicted octanol–water partition coefficient (Wildman–Crippen LogP) is -3.48. The van der Waals surface area contributed by atoms with Crippen LogP contribution in [0.1, 0.15) is 15.9 Å². The normalized spacial score (nSPS) is 10.0. The van der Waals surface area contributed by atoms with Gasteiger partial charge in [-0.1, -0.05) is 53.8 Å². The third-order valence-corrected chi connectivity index (χ3v) is 4.24. The van der Waals surface area contributed by atoms with Crippen LogP contribution in [0.4, 0.5) is 0 Å². The maximum atomic E-state index is 11.3. The summed E-state index contributed by atoms with van der Waals surface area (Å²) >= 11 is 0. The molecule has 3 aromatic carbocycles. The van der Waals surface area contributed by atoms with E-state index in [4.69, 9.17) is 5.11 Å². The van der Waals surface area contributed by atoms with Gasteiger partial charge in [0.05, 0.1) is 10.5 Å². The number of carboxylic acids is 1. The first-order valence-electron chi connectivity index (χ1n) is 7.14. The van der Waals surface area contributed by atoms with Gasteiger partial charge in [-0.3, -0.25) is 0 Å². The van der Waals surface area contributed by atoms with Crippen LogP contribution in [-0.4, -0.2) is 24.0 Å². The fourth-order valence-corrected chi connectivity index (χ4v) is 2.56. The van der Waals surface area contributed by atoms with E-state index in [0.29, 0.717) is 0 Å². The van der Waals surface area contributed by atoms with Crippen molar-refractivity contribution in [2.24, 2.45) is 0 Å². The fourth-order valence-electron chi connectivity index (χ4n) is 2.09. The topological polar surface area (TPSA) is 118 Å². The van der Waals surface area contributed by atoms with Crippen LogP contribution in [0.5, 0.6) is 5.75 Å². The average molecular weight is 404 g/mol. The zero-order valence-electron chi connectivity index (χ0n) is 15.2. The Morgan fingerprint density at radius 3 is 1.85 bits per heavy atom. The summed E-state index contributed by atoms with van der Waals surface area (Å²) in [6.45, 7) is 1.82. The van der Waals surface area contributed by atoms with E-state index in [1.165, 1.54) is 24.3 Å². The summed E-state index contributed by atoms with van der Waals surface area (Å²) in [6, 6.07) is 15.7. The summed E-state index contributed by atoms with van der Waals surface area (Å²) in [5, 5.41) is 21.6. The molecule has 0 unspecified atom stereocenters. The van der Waals surface area contributed by atoms with Crippen LogP contribution in [0.25, 0.3) is 10.8 Å². The molecule has 0 radical (unpaired) electrons. The van der Waals surface area contributed by atoms with Crippen molar-refractivity contribution in [3.63, 3.8) is 0 Å². The van der Waals surface area contributed by atoms with Crippen molar-refractivity contribution in [3.8, 4) is 5.75 Å². The molecule has 3 aromatic rings. The van der Waals surface area contributed by atoms with Crippen LogP contribution in [0.3, 0.4) is 0 Å². The molecule has 0 atom stereocenters. The molecule has 0 spiro atoms. The van der Waals surface area contributed by atoms with E-state index in [2.05, 4.69) is 0 Å². The minimum absolute atomic E-state index is 0. The van der Waals surface area contributed by atoms with Crippen LogP contribution >= 0.6 is 0 Å². The van der Waals surface area contributed by atoms with Crippen molar-refractivity contribution in [1.29, 1.82) is 0 Å². The molecule has 1 N–H and O–H groups in total. The minimum Gasteiger partial charge on any atom is -0.872 e. The molecule has 130 valence electrons. The van der Waals surface area contributed by atoms with Crippen LogP contribution in [0.2, 0.25) is 0 Å². The van der Waals surface area contributed by atoms with Crippen LogP contribution in [0.15, 0.2) is 65.6 Å². The second-order valence-corrected chi connectivity index (χ2v) is 6.65. The average Bonchev–Trinajstić information content (AvgIpc) is 2.54. The maximum Gasteiger partial charge on any atom is 1.00 e. The zero-order chi connectivity index (χ0) is 18.6. The first-order chi connectivity index (χ1) is 11.7. The molecule has 0 aliphatic carbocycles. The molecule has 0 amide bonds. The Labute approximate surface area is 201 Å². The Morgan fingerprint density at radius 2 is 1.41 bits per heavy atom. The van der Waals surface area contributed by atoms with E-state index in [9.17, 15) is 22.9 Å². The smallest absolute Gasteiger partial charge is 0.872 e. The van der Waals surface area contributed by atoms with Crippen molar-refractivity contribution in [1.82, 2.24) is 0 Å². The number of hydrogen-bond donors (Lipinski definition) is 1. The van der Waals surface area contributed by atoms with Gasteiger partial charge in [0.25, 0.3) is 0 Å². The summed E-state index contributed by atoms with van der Waals surface area (Å²) in [7, 11) is -4.27. The molecule has 0 aromatic heterocycles. The molecule has 0 aliphatic rings. The number of carbonyl (C=O) groups is 1. The third kappa shape index (κ3) is 7.56. The van der Waals surface area contributed by atoms with Crippen molar-refractivity contribution in [2.45, 2.75) is 11.8 Å². The Morgan fingerprint density at radius 1 is 0.926 bits per heavy atom. The van der Waals surface area contributed by atoms with Crippen LogP contribution in [0, 0.1) is 6.92 Å². The number of aromatic carboxylic acids is 1. The molecule has 0 saturated heterocycles. The van der Waals surface area contributed by atoms with E-state index in [-0.39, 0.29) is 69.6 Å². The maximum absolute atomic E-state index is 11.3. The van der Waals surface area contributed by atoms with Gasteiger partial charge in [-0.05, 0) is 35.9 Å². The number of rotatable bonds is 2. The minimum atomic E-state index is -4.27. The Kier molecular flexibility index (Phi) is 10.8. The largest absolute Gasteiger partial charge is 1.00 e. The molecule has 0 fully saturated rings. The van der Waals surface area contributed by atoms with Gasteiger partial charge in [-0.15, -0.1) is 0 Å². The van der Waals surface area contributed by atoms with Crippen LogP contribution < -0.4 is 64.2 Å². The van der Waals surface area contributed by atoms with E-state index in [1.807, 2.05) is 13.0 Å². The Hall–Kier alpha value is -0.900. The Bertz CT molecular complexity index is 1020. The molecular weight excluding hydrogens is 390 g/mol. The molecular formula is C18H14Na2O6S. The van der Waals surface area contributed by atoms with Gasteiger partial charge in [0.15, 0.2) is 0 Å². The molecule has 0 bridgehead atoms. The van der Waals surface area contributed by atoms with Gasteiger partial charge in [0.2, 0.25) is 0 Å². The number of hydrogen-bond acceptors (Lipinski definition) is 5. The zero-order valence-corrected chi connectivity index (χ0v) is 20.0. The second-order valence-electron chi connectivity index (χ2n) is 5.27. The number of carboxylic acid groups (broad SMARTS) is 1. The first-order valence-corrected chi connectivity index (χ1v) is 8.55. The standard InChI is InChI=1S/C11H8O3.C7H8O3S.2Na/c12-10-6-8-4-2-1-3-7(8)5-9(10)11(13)14;1-6-2-4-7(5-3-6)11(8,9)10;;/h1-6,12H,(H,13,14);2-5H,1H3,(H,8,9,10);;/q;;2*+1/p-2. The molecule has 3 rings (SSSR count). The SMILES string of the molecule is Cc1ccc(S(=O)(=O)[O-])cc1.O=C(O)c1cc2ccccc2cc1[O-].[Na+].[Na+]. The Balaban J connectivity index is 0.000000479. The van der Waals surface area contributed by atoms with Gasteiger partial charge in [0, 0.05) is 0 Å². The van der Waals surface area contributed by atoms with E-state index < -0.39 is 21.8 Å². The second kappa shape index (κ2) is 11.2. The molecule has 9 heteroatoms. The molecule has 0 saturated carbocycles. The van der Waals surface area contributed by atoms with Gasteiger partial charge >= 0.3 is 65.1 Å². The first kappa shape index (κ1) is 26.1. The summed E-state index contributed by atoms with van der Waals surface area (Å²) in [5.41, 5.74) is 0.751. The summed E-state index contributed by atoms with van der Waals surface area (Å²) in [4.78, 5) is 10.5. The predicted molar refractivity (Wildman–Crippen MR) is 89.5 cm³/mol. The van der Waals surface area contributed by atoms with Gasteiger partial charge in [-0.2, -0.15) is 0 Å². The summed E-state index contributed by atoms with van der Waals surface area (Å²) < 4.78 is 31.2. The number of benzene rings is 3.